The summed E-state index contributed by atoms with van der Waals surface area (Å²) < 4.78 is 19.0. The summed E-state index contributed by atoms with van der Waals surface area (Å²) >= 11 is 1.55. The van der Waals surface area contributed by atoms with E-state index in [0.717, 1.165) is 23.6 Å². The predicted octanol–water partition coefficient (Wildman–Crippen LogP) is -1.63. The van der Waals surface area contributed by atoms with Crippen LogP contribution in [-0.2, 0) is 33.5 Å². The van der Waals surface area contributed by atoms with Gasteiger partial charge in [-0.2, -0.15) is 4.39 Å². The first-order valence-corrected chi connectivity index (χ1v) is 11.1. The first-order valence-electron chi connectivity index (χ1n) is 9.25. The minimum absolute atomic E-state index is 0.107. The molecule has 0 unspecified atom stereocenters. The third-order valence-electron chi connectivity index (χ3n) is 4.39. The SMILES string of the molecule is CC(=O)OCC1=C(C(=O)O)N2C(=O)[C@@H](NC(=O)C(=NOCC(N)=O)c3nc(N)sc3F)[C@H]2SC1. The number of carboxylic acids is 1. The van der Waals surface area contributed by atoms with Crippen LogP contribution in [0.1, 0.15) is 12.6 Å². The summed E-state index contributed by atoms with van der Waals surface area (Å²) in [5.41, 5.74) is 8.98. The second-order valence-electron chi connectivity index (χ2n) is 6.75. The van der Waals surface area contributed by atoms with E-state index < -0.39 is 64.2 Å². The van der Waals surface area contributed by atoms with Gasteiger partial charge in [0.05, 0.1) is 0 Å². The number of thioether (sulfide) groups is 1. The Hall–Kier alpha value is -3.73. The first kappa shape index (κ1) is 24.9. The Morgan fingerprint density at radius 2 is 2.09 bits per heavy atom. The molecule has 0 aliphatic carbocycles. The summed E-state index contributed by atoms with van der Waals surface area (Å²) in [5.74, 6) is -4.69. The Balaban J connectivity index is 1.81. The third kappa shape index (κ3) is 5.09. The van der Waals surface area contributed by atoms with Gasteiger partial charge in [0.15, 0.2) is 17.5 Å². The molecule has 1 aromatic rings. The van der Waals surface area contributed by atoms with Gasteiger partial charge in [-0.25, -0.2) is 9.78 Å². The van der Waals surface area contributed by atoms with Crippen molar-refractivity contribution in [1.82, 2.24) is 15.2 Å². The van der Waals surface area contributed by atoms with Gasteiger partial charge in [0, 0.05) is 18.2 Å². The number of anilines is 1. The van der Waals surface area contributed by atoms with Crippen LogP contribution in [0.25, 0.3) is 0 Å². The van der Waals surface area contributed by atoms with Crippen LogP contribution >= 0.6 is 23.1 Å². The lowest BCUT2D eigenvalue weighted by atomic mass is 10.0. The topological polar surface area (TPSA) is 217 Å². The average molecular weight is 516 g/mol. The summed E-state index contributed by atoms with van der Waals surface area (Å²) in [6, 6.07) is -1.19. The molecule has 2 atom stereocenters. The molecule has 3 rings (SSSR count). The third-order valence-corrected chi connectivity index (χ3v) is 6.40. The number of carbonyl (C=O) groups excluding carboxylic acids is 4. The van der Waals surface area contributed by atoms with Crippen molar-refractivity contribution in [1.29, 1.82) is 0 Å². The molecular weight excluding hydrogens is 499 g/mol. The number of nitrogens with zero attached hydrogens (tertiary/aromatic N) is 3. The molecular formula is C17H17FN6O8S2. The van der Waals surface area contributed by atoms with E-state index in [1.54, 1.807) is 0 Å². The lowest BCUT2D eigenvalue weighted by molar-refractivity contribution is -0.150. The zero-order valence-electron chi connectivity index (χ0n) is 17.3. The number of aliphatic carboxylic acids is 1. The van der Waals surface area contributed by atoms with Crippen molar-refractivity contribution in [2.45, 2.75) is 18.3 Å². The second kappa shape index (κ2) is 10.0. The summed E-state index contributed by atoms with van der Waals surface area (Å²) in [4.78, 5) is 68.5. The molecule has 0 spiro atoms. The number of hydrogen-bond donors (Lipinski definition) is 4. The molecule has 2 aliphatic heterocycles. The van der Waals surface area contributed by atoms with Gasteiger partial charge < -0.3 is 31.5 Å². The van der Waals surface area contributed by atoms with Gasteiger partial charge in [-0.1, -0.05) is 16.5 Å². The van der Waals surface area contributed by atoms with E-state index >= 15 is 0 Å². The summed E-state index contributed by atoms with van der Waals surface area (Å²) in [6.07, 6.45) is 0. The molecule has 0 radical (unpaired) electrons. The molecule has 0 bridgehead atoms. The van der Waals surface area contributed by atoms with Crippen LogP contribution in [-0.4, -0.2) is 80.7 Å². The molecule has 6 N–H and O–H groups in total. The molecule has 1 saturated heterocycles. The summed E-state index contributed by atoms with van der Waals surface area (Å²) in [6.45, 7) is 0.131. The maximum Gasteiger partial charge on any atom is 0.352 e. The lowest BCUT2D eigenvalue weighted by Crippen LogP contribution is -2.71. The Morgan fingerprint density at radius 3 is 2.65 bits per heavy atom. The highest BCUT2D eigenvalue weighted by Gasteiger charge is 2.54. The molecule has 17 heteroatoms. The van der Waals surface area contributed by atoms with Gasteiger partial charge in [-0.05, 0) is 0 Å². The fourth-order valence-electron chi connectivity index (χ4n) is 3.01. The Kier molecular flexibility index (Phi) is 7.35. The van der Waals surface area contributed by atoms with E-state index in [0.29, 0.717) is 11.3 Å². The fraction of sp³-hybridized carbons (Fsp3) is 0.353. The number of thiazole rings is 1. The van der Waals surface area contributed by atoms with Crippen LogP contribution in [0.3, 0.4) is 0 Å². The molecule has 2 aliphatic rings. The maximum absolute atomic E-state index is 14.2. The van der Waals surface area contributed by atoms with Gasteiger partial charge in [0.2, 0.25) is 5.13 Å². The van der Waals surface area contributed by atoms with Gasteiger partial charge in [0.1, 0.15) is 29.4 Å². The number of ether oxygens (including phenoxy) is 1. The van der Waals surface area contributed by atoms with E-state index in [-0.39, 0.29) is 28.8 Å². The van der Waals surface area contributed by atoms with Crippen LogP contribution < -0.4 is 16.8 Å². The van der Waals surface area contributed by atoms with Gasteiger partial charge in [0.25, 0.3) is 17.7 Å². The highest BCUT2D eigenvalue weighted by molar-refractivity contribution is 8.00. The molecule has 1 fully saturated rings. The zero-order chi connectivity index (χ0) is 25.2. The number of carboxylic acid groups (broad SMARTS) is 1. The number of halogens is 1. The van der Waals surface area contributed by atoms with Crippen LogP contribution in [0, 0.1) is 5.13 Å². The highest BCUT2D eigenvalue weighted by Crippen LogP contribution is 2.40. The highest BCUT2D eigenvalue weighted by atomic mass is 32.2. The number of β-lactam (4-membered cyclic amide) rings is 1. The Bertz CT molecular complexity index is 1140. The van der Waals surface area contributed by atoms with Crippen molar-refractivity contribution in [3.05, 3.63) is 22.1 Å². The predicted molar refractivity (Wildman–Crippen MR) is 114 cm³/mol. The fourth-order valence-corrected chi connectivity index (χ4v) is 4.90. The molecule has 14 nitrogen and oxygen atoms in total. The number of carbonyl (C=O) groups is 5. The number of nitrogen functional groups attached to an aromatic ring is 1. The number of primary amides is 1. The number of fused-ring (bicyclic) bond motifs is 1. The molecule has 182 valence electrons. The number of esters is 1. The zero-order valence-corrected chi connectivity index (χ0v) is 18.9. The van der Waals surface area contributed by atoms with E-state index in [1.165, 1.54) is 0 Å². The minimum atomic E-state index is -1.41. The largest absolute Gasteiger partial charge is 0.477 e. The molecule has 3 heterocycles. The smallest absolute Gasteiger partial charge is 0.352 e. The van der Waals surface area contributed by atoms with Crippen LogP contribution in [0.5, 0.6) is 0 Å². The summed E-state index contributed by atoms with van der Waals surface area (Å²) in [7, 11) is 0. The molecule has 3 amide bonds. The van der Waals surface area contributed by atoms with Crippen LogP contribution in [0.2, 0.25) is 0 Å². The monoisotopic (exact) mass is 516 g/mol. The summed E-state index contributed by atoms with van der Waals surface area (Å²) in [5, 5.41) is 13.3. The minimum Gasteiger partial charge on any atom is -0.477 e. The van der Waals surface area contributed by atoms with Crippen molar-refractivity contribution in [2.24, 2.45) is 10.9 Å². The van der Waals surface area contributed by atoms with E-state index in [4.69, 9.17) is 16.2 Å². The van der Waals surface area contributed by atoms with Crippen LogP contribution in [0.15, 0.2) is 16.4 Å². The lowest BCUT2D eigenvalue weighted by Gasteiger charge is -2.49. The van der Waals surface area contributed by atoms with Crippen molar-refractivity contribution >= 4 is 63.6 Å². The van der Waals surface area contributed by atoms with E-state index in [1.807, 2.05) is 0 Å². The van der Waals surface area contributed by atoms with Crippen molar-refractivity contribution in [3.8, 4) is 0 Å². The normalized spacial score (nSPS) is 19.8. The first-order chi connectivity index (χ1) is 16.0. The standard InChI is InChI=1S/C17H17FN6O8S2/c1-5(25)31-2-6-4-33-15-10(14(28)24(15)11(6)16(29)30)21-13(27)9(23-32-3-7(19)26)8-12(18)34-17(20)22-8/h10,15H,2-4H2,1H3,(H2,19,26)(H2,20,22)(H,21,27)(H,29,30)/t10-,15-/m1/s1. The van der Waals surface area contributed by atoms with Crippen LogP contribution in [0.4, 0.5) is 9.52 Å². The number of amides is 3. The second-order valence-corrected chi connectivity index (χ2v) is 8.84. The Labute approximate surface area is 198 Å². The number of hydrogen-bond acceptors (Lipinski definition) is 12. The molecule has 0 saturated carbocycles. The Morgan fingerprint density at radius 1 is 1.38 bits per heavy atom. The number of oxime groups is 1. The molecule has 34 heavy (non-hydrogen) atoms. The van der Waals surface area contributed by atoms with Crippen molar-refractivity contribution in [2.75, 3.05) is 24.7 Å². The van der Waals surface area contributed by atoms with Gasteiger partial charge in [-0.3, -0.25) is 24.1 Å². The number of aromatic nitrogens is 1. The number of rotatable bonds is 9. The van der Waals surface area contributed by atoms with Crippen molar-refractivity contribution < 1.29 is 43.0 Å². The molecule has 1 aromatic heterocycles. The molecule has 0 aromatic carbocycles. The van der Waals surface area contributed by atoms with Gasteiger partial charge in [-0.15, -0.1) is 11.8 Å². The van der Waals surface area contributed by atoms with Gasteiger partial charge >= 0.3 is 11.9 Å². The van der Waals surface area contributed by atoms with E-state index in [9.17, 15) is 33.5 Å². The van der Waals surface area contributed by atoms with Crippen molar-refractivity contribution in [3.63, 3.8) is 0 Å². The van der Waals surface area contributed by atoms with E-state index in [2.05, 4.69) is 20.3 Å². The number of nitrogens with one attached hydrogen (secondary N) is 1. The quantitative estimate of drug-likeness (QED) is 0.126. The maximum atomic E-state index is 14.2. The number of nitrogens with two attached hydrogens (primary N) is 2. The average Bonchev–Trinajstić information content (AvgIpc) is 3.09.